The molecule has 6 nitrogen and oxygen atoms in total. The minimum Gasteiger partial charge on any atom is -0.442 e. The zero-order valence-corrected chi connectivity index (χ0v) is 19.4. The predicted molar refractivity (Wildman–Crippen MR) is 129 cm³/mol. The van der Waals surface area contributed by atoms with Crippen LogP contribution >= 0.6 is 0 Å². The smallest absolute Gasteiger partial charge is 0.396 e. The molecule has 0 radical (unpaired) electrons. The molecule has 0 bridgehead atoms. The van der Waals surface area contributed by atoms with Gasteiger partial charge in [0.25, 0.3) is 0 Å². The van der Waals surface area contributed by atoms with Crippen LogP contribution in [0.3, 0.4) is 0 Å². The number of nitrogen functional groups attached to an aromatic ring is 1. The molecule has 0 unspecified atom stereocenters. The number of hydrogen-bond donors (Lipinski definition) is 2. The molecule has 3 heterocycles. The van der Waals surface area contributed by atoms with Gasteiger partial charge in [0.15, 0.2) is 0 Å². The highest BCUT2D eigenvalue weighted by Gasteiger charge is 2.30. The molecule has 1 saturated heterocycles. The normalized spacial score (nSPS) is 16.8. The van der Waals surface area contributed by atoms with Crippen LogP contribution in [0.1, 0.15) is 40.9 Å². The molecule has 3 N–H and O–H groups in total. The lowest BCUT2D eigenvalue weighted by Crippen LogP contribution is -2.38. The summed E-state index contributed by atoms with van der Waals surface area (Å²) in [5.74, 6) is 0.0240. The van der Waals surface area contributed by atoms with Crippen molar-refractivity contribution < 1.29 is 17.6 Å². The van der Waals surface area contributed by atoms with Crippen LogP contribution in [-0.2, 0) is 19.4 Å². The second kappa shape index (κ2) is 8.93. The van der Waals surface area contributed by atoms with E-state index >= 15 is 0 Å². The zero-order valence-electron chi connectivity index (χ0n) is 19.4. The van der Waals surface area contributed by atoms with Crippen molar-refractivity contribution in [2.75, 3.05) is 24.1 Å². The Bertz CT molecular complexity index is 1340. The summed E-state index contributed by atoms with van der Waals surface area (Å²) in [5, 5.41) is 13.2. The standard InChI is InChI=1S/C26H26F3N5O/c1-15-18(3-2-17-8-16(13-30)9-21(15)17)14-34-6-4-19(5-7-34)32-23-11-24(31)33-25-22(23)10-20(35-25)12-26(27,28)29/h2-3,9-11,19H,4-8,12,14H2,1H3,(H3,31,32,33). The fourth-order valence-electron chi connectivity index (χ4n) is 5.04. The number of nitrogens with zero attached hydrogens (tertiary/aromatic N) is 3. The molecule has 3 aromatic rings. The van der Waals surface area contributed by atoms with E-state index in [4.69, 9.17) is 10.2 Å². The van der Waals surface area contributed by atoms with Gasteiger partial charge in [-0.2, -0.15) is 23.4 Å². The first kappa shape index (κ1) is 23.2. The van der Waals surface area contributed by atoms with Gasteiger partial charge in [0.05, 0.1) is 17.1 Å². The molecule has 1 aromatic carbocycles. The quantitative estimate of drug-likeness (QED) is 0.510. The van der Waals surface area contributed by atoms with Crippen LogP contribution in [0.25, 0.3) is 17.2 Å². The number of piperidine rings is 1. The number of hydrogen-bond acceptors (Lipinski definition) is 6. The van der Waals surface area contributed by atoms with Gasteiger partial charge in [-0.3, -0.25) is 4.90 Å². The second-order valence-corrected chi connectivity index (χ2v) is 9.39. The van der Waals surface area contributed by atoms with Crippen LogP contribution in [0.15, 0.2) is 34.3 Å². The molecular weight excluding hydrogens is 455 g/mol. The van der Waals surface area contributed by atoms with E-state index in [1.807, 2.05) is 6.08 Å². The number of pyridine rings is 1. The Balaban J connectivity index is 1.24. The predicted octanol–water partition coefficient (Wildman–Crippen LogP) is 5.36. The SMILES string of the molecule is Cc1c(CN2CCC(Nc3cc(N)nc4oc(CC(F)(F)F)cc34)CC2)ccc2c1C=C(C#N)C2. The third-order valence-corrected chi connectivity index (χ3v) is 6.85. The van der Waals surface area contributed by atoms with Gasteiger partial charge in [-0.25, -0.2) is 0 Å². The van der Waals surface area contributed by atoms with Gasteiger partial charge in [-0.1, -0.05) is 12.1 Å². The minimum atomic E-state index is -4.36. The Morgan fingerprint density at radius 2 is 2.03 bits per heavy atom. The lowest BCUT2D eigenvalue weighted by molar-refractivity contribution is -0.129. The van der Waals surface area contributed by atoms with E-state index in [-0.39, 0.29) is 23.3 Å². The Kier molecular flexibility index (Phi) is 5.93. The molecule has 0 atom stereocenters. The van der Waals surface area contributed by atoms with Crippen molar-refractivity contribution in [1.29, 1.82) is 5.26 Å². The average molecular weight is 482 g/mol. The summed E-state index contributed by atoms with van der Waals surface area (Å²) in [6.07, 6.45) is -1.01. The fourth-order valence-corrected chi connectivity index (χ4v) is 5.04. The van der Waals surface area contributed by atoms with Crippen molar-refractivity contribution in [2.45, 2.75) is 51.4 Å². The lowest BCUT2D eigenvalue weighted by atomic mass is 9.97. The number of alkyl halides is 3. The number of anilines is 2. The van der Waals surface area contributed by atoms with Crippen molar-refractivity contribution in [2.24, 2.45) is 0 Å². The largest absolute Gasteiger partial charge is 0.442 e. The number of allylic oxidation sites excluding steroid dienone is 1. The summed E-state index contributed by atoms with van der Waals surface area (Å²) < 4.78 is 43.7. The van der Waals surface area contributed by atoms with Crippen molar-refractivity contribution in [1.82, 2.24) is 9.88 Å². The van der Waals surface area contributed by atoms with Crippen LogP contribution < -0.4 is 11.1 Å². The number of aromatic nitrogens is 1. The Labute approximate surface area is 201 Å². The molecule has 1 fully saturated rings. The number of likely N-dealkylation sites (tertiary alicyclic amines) is 1. The molecule has 1 aliphatic carbocycles. The maximum atomic E-state index is 12.8. The highest BCUT2D eigenvalue weighted by Crippen LogP contribution is 2.33. The molecule has 0 amide bonds. The second-order valence-electron chi connectivity index (χ2n) is 9.39. The van der Waals surface area contributed by atoms with Gasteiger partial charge >= 0.3 is 6.18 Å². The summed E-state index contributed by atoms with van der Waals surface area (Å²) in [6, 6.07) is 9.78. The molecule has 0 saturated carbocycles. The van der Waals surface area contributed by atoms with Gasteiger partial charge in [-0.15, -0.1) is 0 Å². The van der Waals surface area contributed by atoms with Crippen LogP contribution in [0.4, 0.5) is 24.7 Å². The topological polar surface area (TPSA) is 91.1 Å². The number of furan rings is 1. The summed E-state index contributed by atoms with van der Waals surface area (Å²) in [5.41, 5.74) is 12.4. The van der Waals surface area contributed by atoms with E-state index in [2.05, 4.69) is 40.3 Å². The number of nitriles is 1. The first-order valence-corrected chi connectivity index (χ1v) is 11.6. The molecule has 0 spiro atoms. The van der Waals surface area contributed by atoms with Crippen molar-refractivity contribution in [3.8, 4) is 6.07 Å². The van der Waals surface area contributed by atoms with Crippen molar-refractivity contribution in [3.63, 3.8) is 0 Å². The van der Waals surface area contributed by atoms with Gasteiger partial charge in [-0.05, 0) is 54.2 Å². The van der Waals surface area contributed by atoms with E-state index in [9.17, 15) is 18.4 Å². The van der Waals surface area contributed by atoms with Gasteiger partial charge < -0.3 is 15.5 Å². The summed E-state index contributed by atoms with van der Waals surface area (Å²) in [4.78, 5) is 6.46. The number of benzene rings is 1. The van der Waals surface area contributed by atoms with E-state index in [0.717, 1.165) is 38.0 Å². The molecule has 1 aliphatic heterocycles. The van der Waals surface area contributed by atoms with Gasteiger partial charge in [0.1, 0.15) is 18.0 Å². The molecular formula is C26H26F3N5O. The number of nitrogens with one attached hydrogen (secondary N) is 1. The van der Waals surface area contributed by atoms with Gasteiger partial charge in [0.2, 0.25) is 5.71 Å². The van der Waals surface area contributed by atoms with Crippen LogP contribution in [0.5, 0.6) is 0 Å². The van der Waals surface area contributed by atoms with E-state index in [0.29, 0.717) is 17.5 Å². The maximum absolute atomic E-state index is 12.8. The van der Waals surface area contributed by atoms with Crippen molar-refractivity contribution in [3.05, 3.63) is 57.9 Å². The highest BCUT2D eigenvalue weighted by atomic mass is 19.4. The minimum absolute atomic E-state index is 0.116. The Morgan fingerprint density at radius 1 is 1.26 bits per heavy atom. The van der Waals surface area contributed by atoms with Crippen molar-refractivity contribution >= 4 is 28.7 Å². The zero-order chi connectivity index (χ0) is 24.7. The summed E-state index contributed by atoms with van der Waals surface area (Å²) >= 11 is 0. The molecule has 35 heavy (non-hydrogen) atoms. The van der Waals surface area contributed by atoms with E-state index in [1.165, 1.54) is 28.3 Å². The first-order valence-electron chi connectivity index (χ1n) is 11.6. The molecule has 182 valence electrons. The Hall–Kier alpha value is -3.51. The van der Waals surface area contributed by atoms with Crippen LogP contribution in [0.2, 0.25) is 0 Å². The maximum Gasteiger partial charge on any atom is 0.396 e. The summed E-state index contributed by atoms with van der Waals surface area (Å²) in [6.45, 7) is 4.75. The lowest BCUT2D eigenvalue weighted by Gasteiger charge is -2.33. The molecule has 9 heteroatoms. The van der Waals surface area contributed by atoms with Crippen LogP contribution in [0, 0.1) is 18.3 Å². The Morgan fingerprint density at radius 3 is 2.74 bits per heavy atom. The molecule has 5 rings (SSSR count). The molecule has 2 aromatic heterocycles. The first-order chi connectivity index (χ1) is 16.7. The monoisotopic (exact) mass is 481 g/mol. The van der Waals surface area contributed by atoms with Gasteiger partial charge in [0, 0.05) is 43.7 Å². The fraction of sp³-hybridized carbons (Fsp3) is 0.385. The third-order valence-electron chi connectivity index (χ3n) is 6.85. The number of nitrogens with two attached hydrogens (primary N) is 1. The number of halogens is 3. The third kappa shape index (κ3) is 4.98. The molecule has 2 aliphatic rings. The van der Waals surface area contributed by atoms with E-state index in [1.54, 1.807) is 6.07 Å². The van der Waals surface area contributed by atoms with Crippen LogP contribution in [-0.4, -0.2) is 35.2 Å². The number of fused-ring (bicyclic) bond motifs is 2. The summed E-state index contributed by atoms with van der Waals surface area (Å²) in [7, 11) is 0. The highest BCUT2D eigenvalue weighted by molar-refractivity contribution is 5.90. The van der Waals surface area contributed by atoms with E-state index < -0.39 is 12.6 Å². The number of rotatable bonds is 5. The average Bonchev–Trinajstić information content (AvgIpc) is 3.39.